The van der Waals surface area contributed by atoms with Crippen LogP contribution in [0, 0.1) is 0 Å². The fourth-order valence-electron chi connectivity index (χ4n) is 2.57. The Hall–Kier alpha value is -2.24. The summed E-state index contributed by atoms with van der Waals surface area (Å²) in [5.41, 5.74) is 14.4. The summed E-state index contributed by atoms with van der Waals surface area (Å²) in [7, 11) is 0. The predicted octanol–water partition coefficient (Wildman–Crippen LogP) is 0.808. The summed E-state index contributed by atoms with van der Waals surface area (Å²) in [6.07, 6.45) is 2.66. The molecule has 0 unspecified atom stereocenters. The van der Waals surface area contributed by atoms with E-state index in [9.17, 15) is 4.79 Å². The number of hydrogen-bond donors (Lipinski definition) is 3. The van der Waals surface area contributed by atoms with Crippen molar-refractivity contribution in [2.24, 2.45) is 16.6 Å². The number of aryl methyl sites for hydroxylation is 1. The maximum absolute atomic E-state index is 11.5. The highest BCUT2D eigenvalue weighted by Gasteiger charge is 2.33. The highest BCUT2D eigenvalue weighted by Crippen LogP contribution is 2.30. The van der Waals surface area contributed by atoms with Crippen molar-refractivity contribution in [1.82, 2.24) is 4.57 Å². The van der Waals surface area contributed by atoms with E-state index in [0.29, 0.717) is 5.69 Å². The first-order valence-electron chi connectivity index (χ1n) is 6.32. The van der Waals surface area contributed by atoms with Crippen molar-refractivity contribution < 1.29 is 10.0 Å². The summed E-state index contributed by atoms with van der Waals surface area (Å²) < 4.78 is 1.78. The lowest BCUT2D eigenvalue weighted by molar-refractivity contribution is -0.114. The van der Waals surface area contributed by atoms with E-state index < -0.39 is 5.91 Å². The van der Waals surface area contributed by atoms with Crippen molar-refractivity contribution >= 4 is 17.4 Å². The van der Waals surface area contributed by atoms with E-state index in [2.05, 4.69) is 19.0 Å². The number of oxime groups is 1. The van der Waals surface area contributed by atoms with Crippen LogP contribution in [-0.2, 0) is 17.6 Å². The second-order valence-electron chi connectivity index (χ2n) is 4.51. The van der Waals surface area contributed by atoms with Crippen LogP contribution in [0.5, 0.6) is 0 Å². The zero-order valence-corrected chi connectivity index (χ0v) is 11.1. The van der Waals surface area contributed by atoms with E-state index in [0.717, 1.165) is 30.5 Å². The summed E-state index contributed by atoms with van der Waals surface area (Å²) in [4.78, 5) is 11.5. The molecule has 0 saturated carbocycles. The van der Waals surface area contributed by atoms with Gasteiger partial charge >= 0.3 is 0 Å². The zero-order chi connectivity index (χ0) is 14.2. The smallest absolute Gasteiger partial charge is 0.254 e. The van der Waals surface area contributed by atoms with Gasteiger partial charge < -0.3 is 16.7 Å². The molecule has 0 aromatic carbocycles. The Morgan fingerprint density at radius 1 is 1.47 bits per heavy atom. The minimum atomic E-state index is -0.686. The third kappa shape index (κ3) is 1.80. The van der Waals surface area contributed by atoms with E-state index >= 15 is 0 Å². The van der Waals surface area contributed by atoms with E-state index in [-0.39, 0.29) is 17.1 Å². The number of aromatic nitrogens is 1. The van der Waals surface area contributed by atoms with Crippen LogP contribution >= 0.6 is 0 Å². The van der Waals surface area contributed by atoms with Crippen LogP contribution in [0.3, 0.4) is 0 Å². The first-order chi connectivity index (χ1) is 9.06. The first kappa shape index (κ1) is 13.2. The van der Waals surface area contributed by atoms with Gasteiger partial charge in [0, 0.05) is 5.69 Å². The summed E-state index contributed by atoms with van der Waals surface area (Å²) in [6.45, 7) is 4.12. The standard InChI is InChI=1S/C13H18N4O2/c1-3-5-8-7(4-2)6-9-11(16-19)10(13(15)18)12(14)17(8)9/h6,19H,3-5,14H2,1-2H3,(H2,15,18)/b16-11+. The van der Waals surface area contributed by atoms with Crippen molar-refractivity contribution in [2.45, 2.75) is 33.1 Å². The average molecular weight is 262 g/mol. The van der Waals surface area contributed by atoms with E-state index in [1.807, 2.05) is 6.07 Å². The predicted molar refractivity (Wildman–Crippen MR) is 72.7 cm³/mol. The largest absolute Gasteiger partial charge is 0.410 e. The Morgan fingerprint density at radius 3 is 2.63 bits per heavy atom. The maximum atomic E-state index is 11.5. The number of hydrogen-bond acceptors (Lipinski definition) is 4. The highest BCUT2D eigenvalue weighted by atomic mass is 16.4. The number of nitrogens with two attached hydrogens (primary N) is 2. The minimum Gasteiger partial charge on any atom is -0.410 e. The van der Waals surface area contributed by atoms with Gasteiger partial charge in [0.25, 0.3) is 5.91 Å². The molecule has 1 aromatic rings. The van der Waals surface area contributed by atoms with Crippen LogP contribution < -0.4 is 11.5 Å². The Balaban J connectivity index is 2.71. The van der Waals surface area contributed by atoms with Gasteiger partial charge in [0.2, 0.25) is 0 Å². The number of primary amides is 1. The van der Waals surface area contributed by atoms with Crippen molar-refractivity contribution in [1.29, 1.82) is 0 Å². The van der Waals surface area contributed by atoms with Crippen molar-refractivity contribution in [3.63, 3.8) is 0 Å². The fraction of sp³-hybridized carbons (Fsp3) is 0.385. The molecule has 1 aromatic heterocycles. The summed E-state index contributed by atoms with van der Waals surface area (Å²) >= 11 is 0. The van der Waals surface area contributed by atoms with Gasteiger partial charge in [0.05, 0.1) is 5.69 Å². The second-order valence-corrected chi connectivity index (χ2v) is 4.51. The van der Waals surface area contributed by atoms with Crippen LogP contribution in [0.15, 0.2) is 16.8 Å². The number of carbonyl (C=O) groups excluding carboxylic acids is 1. The van der Waals surface area contributed by atoms with Crippen molar-refractivity contribution in [3.05, 3.63) is 28.6 Å². The number of amides is 1. The van der Waals surface area contributed by atoms with Crippen molar-refractivity contribution in [3.8, 4) is 0 Å². The van der Waals surface area contributed by atoms with Crippen LogP contribution in [0.4, 0.5) is 0 Å². The fourth-order valence-corrected chi connectivity index (χ4v) is 2.57. The van der Waals surface area contributed by atoms with E-state index in [1.54, 1.807) is 4.57 Å². The highest BCUT2D eigenvalue weighted by molar-refractivity contribution is 6.32. The van der Waals surface area contributed by atoms with Gasteiger partial charge in [0.15, 0.2) is 0 Å². The SMILES string of the molecule is CCCc1c(CC)cc2n1C(N)=C(C(N)=O)/C2=N/O. The number of nitrogens with zero attached hydrogens (tertiary/aromatic N) is 2. The molecule has 0 atom stereocenters. The molecule has 0 aliphatic carbocycles. The molecule has 102 valence electrons. The van der Waals surface area contributed by atoms with Gasteiger partial charge in [-0.1, -0.05) is 25.4 Å². The average Bonchev–Trinajstić information content (AvgIpc) is 2.85. The molecule has 6 nitrogen and oxygen atoms in total. The number of carbonyl (C=O) groups is 1. The lowest BCUT2D eigenvalue weighted by Crippen LogP contribution is -2.21. The van der Waals surface area contributed by atoms with Crippen LogP contribution in [0.2, 0.25) is 0 Å². The van der Waals surface area contributed by atoms with Gasteiger partial charge in [-0.05, 0) is 24.5 Å². The molecule has 5 N–H and O–H groups in total. The normalized spacial score (nSPS) is 16.2. The molecule has 0 spiro atoms. The molecule has 1 amide bonds. The Bertz CT molecular complexity index is 596. The molecule has 1 aliphatic rings. The third-order valence-electron chi connectivity index (χ3n) is 3.38. The van der Waals surface area contributed by atoms with Gasteiger partial charge in [-0.15, -0.1) is 0 Å². The van der Waals surface area contributed by atoms with E-state index in [4.69, 9.17) is 16.7 Å². The monoisotopic (exact) mass is 262 g/mol. The van der Waals surface area contributed by atoms with Crippen LogP contribution in [0.25, 0.3) is 5.82 Å². The van der Waals surface area contributed by atoms with Crippen LogP contribution in [0.1, 0.15) is 37.2 Å². The molecule has 2 heterocycles. The summed E-state index contributed by atoms with van der Waals surface area (Å²) in [6, 6.07) is 1.91. The molecule has 0 saturated heterocycles. The molecule has 2 rings (SSSR count). The quantitative estimate of drug-likeness (QED) is 0.552. The lowest BCUT2D eigenvalue weighted by atomic mass is 10.1. The Morgan fingerprint density at radius 2 is 2.16 bits per heavy atom. The lowest BCUT2D eigenvalue weighted by Gasteiger charge is -2.09. The van der Waals surface area contributed by atoms with Gasteiger partial charge in [-0.2, -0.15) is 0 Å². The molecule has 1 aliphatic heterocycles. The van der Waals surface area contributed by atoms with Gasteiger partial charge in [0.1, 0.15) is 17.1 Å². The molecular formula is C13H18N4O2. The molecular weight excluding hydrogens is 244 g/mol. The molecule has 0 fully saturated rings. The van der Waals surface area contributed by atoms with E-state index in [1.165, 1.54) is 0 Å². The zero-order valence-electron chi connectivity index (χ0n) is 11.1. The summed E-state index contributed by atoms with van der Waals surface area (Å²) in [5, 5.41) is 12.3. The maximum Gasteiger partial charge on any atom is 0.254 e. The van der Waals surface area contributed by atoms with Gasteiger partial charge in [-0.3, -0.25) is 9.36 Å². The third-order valence-corrected chi connectivity index (χ3v) is 3.38. The second kappa shape index (κ2) is 4.79. The summed E-state index contributed by atoms with van der Waals surface area (Å²) in [5.74, 6) is -0.437. The Kier molecular flexibility index (Phi) is 3.33. The van der Waals surface area contributed by atoms with Gasteiger partial charge in [-0.25, -0.2) is 0 Å². The topological polar surface area (TPSA) is 107 Å². The number of rotatable bonds is 4. The van der Waals surface area contributed by atoms with Crippen molar-refractivity contribution in [2.75, 3.05) is 0 Å². The molecule has 0 bridgehead atoms. The molecule has 0 radical (unpaired) electrons. The Labute approximate surface area is 111 Å². The molecule has 6 heteroatoms. The minimum absolute atomic E-state index is 0.0810. The number of fused-ring (bicyclic) bond motifs is 1. The first-order valence-corrected chi connectivity index (χ1v) is 6.32. The van der Waals surface area contributed by atoms with Crippen LogP contribution in [-0.4, -0.2) is 21.4 Å². The molecule has 19 heavy (non-hydrogen) atoms.